The number of hydrogen-bond donors (Lipinski definition) is 0. The number of carbonyl (C=O) groups is 1. The minimum absolute atomic E-state index is 0.367. The van der Waals surface area contributed by atoms with Crippen LogP contribution in [0.4, 0.5) is 8.78 Å². The molecule has 0 aliphatic carbocycles. The first-order valence-corrected chi connectivity index (χ1v) is 4.65. The molecule has 1 aromatic carbocycles. The third kappa shape index (κ3) is 2.89. The number of benzene rings is 1. The zero-order valence-electron chi connectivity index (χ0n) is 8.18. The number of halogens is 3. The first-order chi connectivity index (χ1) is 6.91. The molecule has 0 heterocycles. The molecular formula is C10H9ClF2O2. The van der Waals surface area contributed by atoms with Crippen molar-refractivity contribution in [3.63, 3.8) is 0 Å². The quantitative estimate of drug-likeness (QED) is 0.580. The normalized spacial score (nSPS) is 10.5. The fourth-order valence-corrected chi connectivity index (χ4v) is 1.11. The van der Waals surface area contributed by atoms with E-state index in [4.69, 9.17) is 16.3 Å². The predicted octanol–water partition coefficient (Wildman–Crippen LogP) is 3.18. The molecule has 1 aromatic rings. The van der Waals surface area contributed by atoms with E-state index in [2.05, 4.69) is 0 Å². The molecule has 0 bridgehead atoms. The summed E-state index contributed by atoms with van der Waals surface area (Å²) in [7, 11) is 0. The van der Waals surface area contributed by atoms with Crippen molar-refractivity contribution in [2.75, 3.05) is 0 Å². The van der Waals surface area contributed by atoms with E-state index in [0.717, 1.165) is 12.1 Å². The second kappa shape index (κ2) is 4.57. The Morgan fingerprint density at radius 3 is 2.47 bits per heavy atom. The van der Waals surface area contributed by atoms with Crippen molar-refractivity contribution >= 4 is 17.6 Å². The standard InChI is InChI=1S/C10H9ClF2O2/c1-5(2)15-10(14)6-3-9(13)7(11)4-8(6)12/h3-5H,1-2H3. The summed E-state index contributed by atoms with van der Waals surface area (Å²) < 4.78 is 30.9. The Morgan fingerprint density at radius 1 is 1.33 bits per heavy atom. The summed E-state index contributed by atoms with van der Waals surface area (Å²) >= 11 is 5.33. The van der Waals surface area contributed by atoms with E-state index in [1.54, 1.807) is 13.8 Å². The van der Waals surface area contributed by atoms with Crippen molar-refractivity contribution in [1.29, 1.82) is 0 Å². The van der Waals surface area contributed by atoms with Gasteiger partial charge in [-0.15, -0.1) is 0 Å². The molecule has 82 valence electrons. The summed E-state index contributed by atoms with van der Waals surface area (Å²) in [4.78, 5) is 11.3. The van der Waals surface area contributed by atoms with Gasteiger partial charge < -0.3 is 4.74 Å². The molecule has 0 N–H and O–H groups in total. The monoisotopic (exact) mass is 234 g/mol. The average Bonchev–Trinajstić information content (AvgIpc) is 2.09. The highest BCUT2D eigenvalue weighted by Gasteiger charge is 2.17. The van der Waals surface area contributed by atoms with Gasteiger partial charge >= 0.3 is 5.97 Å². The third-order valence-electron chi connectivity index (χ3n) is 1.57. The van der Waals surface area contributed by atoms with Crippen molar-refractivity contribution in [3.05, 3.63) is 34.4 Å². The molecule has 0 aliphatic rings. The molecule has 0 radical (unpaired) electrons. The molecule has 1 rings (SSSR count). The van der Waals surface area contributed by atoms with Crippen LogP contribution in [0.25, 0.3) is 0 Å². The maximum atomic E-state index is 13.2. The zero-order valence-corrected chi connectivity index (χ0v) is 8.94. The molecule has 5 heteroatoms. The smallest absolute Gasteiger partial charge is 0.341 e. The number of rotatable bonds is 2. The summed E-state index contributed by atoms with van der Waals surface area (Å²) in [6, 6.07) is 1.47. The molecule has 0 amide bonds. The van der Waals surface area contributed by atoms with E-state index < -0.39 is 29.3 Å². The maximum absolute atomic E-state index is 13.2. The summed E-state index contributed by atoms with van der Waals surface area (Å²) in [5, 5.41) is -0.367. The first kappa shape index (κ1) is 11.9. The van der Waals surface area contributed by atoms with E-state index in [1.165, 1.54) is 0 Å². The van der Waals surface area contributed by atoms with Gasteiger partial charge in [-0.25, -0.2) is 13.6 Å². The second-order valence-corrected chi connectivity index (χ2v) is 3.61. The molecule has 0 saturated carbocycles. The molecule has 0 aromatic heterocycles. The summed E-state index contributed by atoms with van der Waals surface area (Å²) in [6.45, 7) is 3.23. The van der Waals surface area contributed by atoms with Crippen molar-refractivity contribution in [2.45, 2.75) is 20.0 Å². The lowest BCUT2D eigenvalue weighted by atomic mass is 10.2. The highest BCUT2D eigenvalue weighted by atomic mass is 35.5. The topological polar surface area (TPSA) is 26.3 Å². The van der Waals surface area contributed by atoms with Gasteiger partial charge in [-0.2, -0.15) is 0 Å². The van der Waals surface area contributed by atoms with E-state index in [9.17, 15) is 13.6 Å². The van der Waals surface area contributed by atoms with E-state index in [1.807, 2.05) is 0 Å². The van der Waals surface area contributed by atoms with E-state index in [-0.39, 0.29) is 5.02 Å². The molecular weight excluding hydrogens is 226 g/mol. The minimum Gasteiger partial charge on any atom is -0.459 e. The van der Waals surface area contributed by atoms with Crippen LogP contribution < -0.4 is 0 Å². The van der Waals surface area contributed by atoms with Gasteiger partial charge in [0.15, 0.2) is 0 Å². The molecule has 2 nitrogen and oxygen atoms in total. The van der Waals surface area contributed by atoms with Crippen LogP contribution in [0.5, 0.6) is 0 Å². The highest BCUT2D eigenvalue weighted by Crippen LogP contribution is 2.20. The van der Waals surface area contributed by atoms with E-state index >= 15 is 0 Å². The van der Waals surface area contributed by atoms with Gasteiger partial charge in [0.2, 0.25) is 0 Å². The first-order valence-electron chi connectivity index (χ1n) is 4.27. The lowest BCUT2D eigenvalue weighted by Crippen LogP contribution is -2.13. The van der Waals surface area contributed by atoms with Gasteiger partial charge in [0.25, 0.3) is 0 Å². The Bertz CT molecular complexity index is 391. The predicted molar refractivity (Wildman–Crippen MR) is 51.9 cm³/mol. The van der Waals surface area contributed by atoms with Crippen LogP contribution >= 0.6 is 11.6 Å². The third-order valence-corrected chi connectivity index (χ3v) is 1.86. The Labute approximate surface area is 90.8 Å². The van der Waals surface area contributed by atoms with Crippen LogP contribution in [0.2, 0.25) is 5.02 Å². The molecule has 0 unspecified atom stereocenters. The number of ether oxygens (including phenoxy) is 1. The van der Waals surface area contributed by atoms with Crippen molar-refractivity contribution in [2.24, 2.45) is 0 Å². The lowest BCUT2D eigenvalue weighted by molar-refractivity contribution is 0.0372. The maximum Gasteiger partial charge on any atom is 0.341 e. The summed E-state index contributed by atoms with van der Waals surface area (Å²) in [6.07, 6.45) is -0.393. The minimum atomic E-state index is -0.905. The molecule has 0 fully saturated rings. The summed E-state index contributed by atoms with van der Waals surface area (Å²) in [5.41, 5.74) is -0.453. The Balaban J connectivity index is 3.04. The van der Waals surface area contributed by atoms with Crippen molar-refractivity contribution < 1.29 is 18.3 Å². The second-order valence-electron chi connectivity index (χ2n) is 3.20. The van der Waals surface area contributed by atoms with Crippen LogP contribution in [0, 0.1) is 11.6 Å². The van der Waals surface area contributed by atoms with Crippen LogP contribution in [0.3, 0.4) is 0 Å². The number of hydrogen-bond acceptors (Lipinski definition) is 2. The van der Waals surface area contributed by atoms with Crippen LogP contribution in [-0.4, -0.2) is 12.1 Å². The highest BCUT2D eigenvalue weighted by molar-refractivity contribution is 6.30. The molecule has 0 atom stereocenters. The molecule has 15 heavy (non-hydrogen) atoms. The van der Waals surface area contributed by atoms with Crippen LogP contribution in [0.15, 0.2) is 12.1 Å². The lowest BCUT2D eigenvalue weighted by Gasteiger charge is -2.08. The zero-order chi connectivity index (χ0) is 11.6. The summed E-state index contributed by atoms with van der Waals surface area (Å²) in [5.74, 6) is -2.65. The van der Waals surface area contributed by atoms with Gasteiger partial charge in [-0.1, -0.05) is 11.6 Å². The van der Waals surface area contributed by atoms with Crippen LogP contribution in [0.1, 0.15) is 24.2 Å². The molecule has 0 spiro atoms. The number of carbonyl (C=O) groups excluding carboxylic acids is 1. The Kier molecular flexibility index (Phi) is 3.63. The van der Waals surface area contributed by atoms with E-state index in [0.29, 0.717) is 0 Å². The number of esters is 1. The van der Waals surface area contributed by atoms with Crippen molar-refractivity contribution in [3.8, 4) is 0 Å². The SMILES string of the molecule is CC(C)OC(=O)c1cc(F)c(Cl)cc1F. The van der Waals surface area contributed by atoms with Gasteiger partial charge in [-0.05, 0) is 26.0 Å². The average molecular weight is 235 g/mol. The van der Waals surface area contributed by atoms with Gasteiger partial charge in [0, 0.05) is 0 Å². The van der Waals surface area contributed by atoms with Gasteiger partial charge in [0.05, 0.1) is 16.7 Å². The van der Waals surface area contributed by atoms with Crippen molar-refractivity contribution in [1.82, 2.24) is 0 Å². The Hall–Kier alpha value is -1.16. The fraction of sp³-hybridized carbons (Fsp3) is 0.300. The largest absolute Gasteiger partial charge is 0.459 e. The van der Waals surface area contributed by atoms with Gasteiger partial charge in [0.1, 0.15) is 11.6 Å². The fourth-order valence-electron chi connectivity index (χ4n) is 0.957. The van der Waals surface area contributed by atoms with Crippen LogP contribution in [-0.2, 0) is 4.74 Å². The Morgan fingerprint density at radius 2 is 1.93 bits per heavy atom. The molecule has 0 aliphatic heterocycles. The molecule has 0 saturated heterocycles. The van der Waals surface area contributed by atoms with Gasteiger partial charge in [-0.3, -0.25) is 0 Å².